The molecular formula is C22H25N3O3. The number of ether oxygens (including phenoxy) is 2. The van der Waals surface area contributed by atoms with E-state index in [1.165, 1.54) is 11.9 Å². The Kier molecular flexibility index (Phi) is 5.68. The van der Waals surface area contributed by atoms with Crippen molar-refractivity contribution in [2.45, 2.75) is 26.3 Å². The highest BCUT2D eigenvalue weighted by atomic mass is 16.5. The van der Waals surface area contributed by atoms with E-state index in [1.807, 2.05) is 55.5 Å². The number of carbonyl (C=O) groups is 1. The Morgan fingerprint density at radius 1 is 1.14 bits per heavy atom. The molecule has 1 amide bonds. The third-order valence-electron chi connectivity index (χ3n) is 4.73. The molecule has 0 aliphatic carbocycles. The highest BCUT2D eigenvalue weighted by Crippen LogP contribution is 2.33. The van der Waals surface area contributed by atoms with Crippen molar-refractivity contribution < 1.29 is 14.3 Å². The fourth-order valence-electron chi connectivity index (χ4n) is 3.29. The van der Waals surface area contributed by atoms with Crippen molar-refractivity contribution in [2.24, 2.45) is 5.10 Å². The molecule has 3 rings (SSSR count). The number of hydrazone groups is 1. The van der Waals surface area contributed by atoms with Gasteiger partial charge in [-0.1, -0.05) is 18.2 Å². The first-order chi connectivity index (χ1) is 13.4. The van der Waals surface area contributed by atoms with Crippen molar-refractivity contribution in [2.75, 3.05) is 20.0 Å². The average Bonchev–Trinajstić information content (AvgIpc) is 2.82. The number of hydrogen-bond donors (Lipinski definition) is 1. The summed E-state index contributed by atoms with van der Waals surface area (Å²) in [7, 11) is 3.22. The Morgan fingerprint density at radius 2 is 1.79 bits per heavy atom. The number of rotatable bonds is 4. The topological polar surface area (TPSA) is 77.2 Å². The van der Waals surface area contributed by atoms with Gasteiger partial charge in [0.05, 0.1) is 26.0 Å². The molecule has 0 saturated heterocycles. The van der Waals surface area contributed by atoms with Crippen LogP contribution in [-0.4, -0.2) is 36.9 Å². The summed E-state index contributed by atoms with van der Waals surface area (Å²) in [6.45, 7) is 3.51. The van der Waals surface area contributed by atoms with Crippen LogP contribution in [0, 0.1) is 0 Å². The lowest BCUT2D eigenvalue weighted by Crippen LogP contribution is -2.33. The zero-order valence-electron chi connectivity index (χ0n) is 16.6. The van der Waals surface area contributed by atoms with Gasteiger partial charge in [0.25, 0.3) is 0 Å². The smallest absolute Gasteiger partial charge is 0.239 e. The first-order valence-electron chi connectivity index (χ1n) is 9.10. The van der Waals surface area contributed by atoms with Crippen LogP contribution >= 0.6 is 0 Å². The number of amides is 1. The number of allylic oxidation sites excluding steroid dienone is 1. The third kappa shape index (κ3) is 4.01. The zero-order valence-corrected chi connectivity index (χ0v) is 16.6. The second kappa shape index (κ2) is 8.17. The summed E-state index contributed by atoms with van der Waals surface area (Å²) in [6.07, 6.45) is 4.52. The van der Waals surface area contributed by atoms with Gasteiger partial charge >= 0.3 is 0 Å². The average molecular weight is 379 g/mol. The summed E-state index contributed by atoms with van der Waals surface area (Å²) in [6, 6.07) is 11.4. The molecule has 1 aliphatic heterocycles. The molecule has 1 heterocycles. The van der Waals surface area contributed by atoms with Crippen molar-refractivity contribution in [3.8, 4) is 11.5 Å². The highest BCUT2D eigenvalue weighted by molar-refractivity contribution is 6.12. The second-order valence-electron chi connectivity index (χ2n) is 6.77. The highest BCUT2D eigenvalue weighted by Gasteiger charge is 2.25. The largest absolute Gasteiger partial charge is 0.493 e. The maximum absolute atomic E-state index is 12.1. The van der Waals surface area contributed by atoms with Crippen LogP contribution in [-0.2, 0) is 11.2 Å². The Morgan fingerprint density at radius 3 is 2.39 bits per heavy atom. The van der Waals surface area contributed by atoms with Gasteiger partial charge < -0.3 is 15.2 Å². The van der Waals surface area contributed by atoms with Gasteiger partial charge in [-0.15, -0.1) is 0 Å². The number of nitrogen functional groups attached to an aromatic ring is 1. The number of methoxy groups -OCH3 is 2. The van der Waals surface area contributed by atoms with E-state index in [-0.39, 0.29) is 11.9 Å². The molecule has 0 fully saturated rings. The summed E-state index contributed by atoms with van der Waals surface area (Å²) >= 11 is 0. The molecule has 28 heavy (non-hydrogen) atoms. The number of benzene rings is 2. The van der Waals surface area contributed by atoms with E-state index in [1.54, 1.807) is 14.2 Å². The fourth-order valence-corrected chi connectivity index (χ4v) is 3.29. The van der Waals surface area contributed by atoms with E-state index in [2.05, 4.69) is 5.10 Å². The summed E-state index contributed by atoms with van der Waals surface area (Å²) in [5.74, 6) is 1.18. The molecule has 1 unspecified atom stereocenters. The van der Waals surface area contributed by atoms with Crippen molar-refractivity contribution in [1.29, 1.82) is 0 Å². The molecule has 0 radical (unpaired) electrons. The molecule has 146 valence electrons. The first-order valence-corrected chi connectivity index (χ1v) is 9.10. The van der Waals surface area contributed by atoms with Crippen molar-refractivity contribution in [3.05, 3.63) is 59.2 Å². The SMILES string of the molecule is COc1cc2c(cc1OC)C(/C=C/c1ccc(N)cc1)=NN(C(C)=O)C(C)C2. The number of hydrogen-bond acceptors (Lipinski definition) is 5. The lowest BCUT2D eigenvalue weighted by molar-refractivity contribution is -0.130. The molecule has 2 aromatic rings. The molecule has 0 aromatic heterocycles. The van der Waals surface area contributed by atoms with Crippen molar-refractivity contribution in [3.63, 3.8) is 0 Å². The van der Waals surface area contributed by atoms with Gasteiger partial charge in [0.15, 0.2) is 11.5 Å². The minimum absolute atomic E-state index is 0.0724. The van der Waals surface area contributed by atoms with E-state index in [4.69, 9.17) is 15.2 Å². The van der Waals surface area contributed by atoms with E-state index >= 15 is 0 Å². The summed E-state index contributed by atoms with van der Waals surface area (Å²) in [4.78, 5) is 12.1. The molecule has 0 spiro atoms. The Hall–Kier alpha value is -3.28. The monoisotopic (exact) mass is 379 g/mol. The minimum Gasteiger partial charge on any atom is -0.493 e. The predicted molar refractivity (Wildman–Crippen MR) is 112 cm³/mol. The fraction of sp³-hybridized carbons (Fsp3) is 0.273. The number of nitrogens with two attached hydrogens (primary N) is 1. The van der Waals surface area contributed by atoms with Crippen LogP contribution in [0.4, 0.5) is 5.69 Å². The van der Waals surface area contributed by atoms with Crippen LogP contribution in [0.15, 0.2) is 47.6 Å². The predicted octanol–water partition coefficient (Wildman–Crippen LogP) is 3.50. The second-order valence-corrected chi connectivity index (χ2v) is 6.77. The van der Waals surface area contributed by atoms with Gasteiger partial charge in [0, 0.05) is 18.2 Å². The number of nitrogens with zero attached hydrogens (tertiary/aromatic N) is 2. The maximum atomic E-state index is 12.1. The van der Waals surface area contributed by atoms with Crippen molar-refractivity contribution >= 4 is 23.4 Å². The Balaban J connectivity index is 2.11. The van der Waals surface area contributed by atoms with E-state index in [0.717, 1.165) is 16.7 Å². The molecule has 6 nitrogen and oxygen atoms in total. The minimum atomic E-state index is -0.0994. The van der Waals surface area contributed by atoms with Crippen molar-refractivity contribution in [1.82, 2.24) is 5.01 Å². The molecule has 6 heteroatoms. The van der Waals surface area contributed by atoms with E-state index < -0.39 is 0 Å². The lowest BCUT2D eigenvalue weighted by Gasteiger charge is -2.21. The van der Waals surface area contributed by atoms with Crippen LogP contribution in [0.2, 0.25) is 0 Å². The summed E-state index contributed by atoms with van der Waals surface area (Å²) < 4.78 is 10.9. The third-order valence-corrected chi connectivity index (χ3v) is 4.73. The summed E-state index contributed by atoms with van der Waals surface area (Å²) in [5, 5.41) is 6.18. The van der Waals surface area contributed by atoms with Crippen LogP contribution in [0.25, 0.3) is 6.08 Å². The molecule has 1 aliphatic rings. The lowest BCUT2D eigenvalue weighted by atomic mass is 9.96. The zero-order chi connectivity index (χ0) is 20.3. The number of anilines is 1. The first kappa shape index (κ1) is 19.5. The number of fused-ring (bicyclic) bond motifs is 1. The standard InChI is InChI=1S/C22H25N3O3/c1-14-11-17-12-21(27-3)22(28-4)13-19(17)20(24-25(14)15(2)26)10-7-16-5-8-18(23)9-6-16/h5-10,12-14H,11,23H2,1-4H3/b10-7+. The van der Waals surface area contributed by atoms with Gasteiger partial charge in [0.2, 0.25) is 5.91 Å². The van der Waals surface area contributed by atoms with E-state index in [9.17, 15) is 4.79 Å². The summed E-state index contributed by atoms with van der Waals surface area (Å²) in [5.41, 5.74) is 10.1. The molecule has 2 aromatic carbocycles. The maximum Gasteiger partial charge on any atom is 0.239 e. The quantitative estimate of drug-likeness (QED) is 0.825. The van der Waals surface area contributed by atoms with Gasteiger partial charge in [-0.25, -0.2) is 5.01 Å². The molecule has 1 atom stereocenters. The normalized spacial score (nSPS) is 16.4. The number of carbonyl (C=O) groups excluding carboxylic acids is 1. The van der Waals surface area contributed by atoms with Crippen LogP contribution in [0.3, 0.4) is 0 Å². The Labute approximate surface area is 165 Å². The van der Waals surface area contributed by atoms with Gasteiger partial charge in [-0.05, 0) is 54.8 Å². The van der Waals surface area contributed by atoms with Gasteiger partial charge in [-0.3, -0.25) is 4.79 Å². The van der Waals surface area contributed by atoms with Crippen LogP contribution in [0.1, 0.15) is 30.5 Å². The molecular weight excluding hydrogens is 354 g/mol. The molecule has 0 bridgehead atoms. The van der Waals surface area contributed by atoms with Crippen LogP contribution in [0.5, 0.6) is 11.5 Å². The Bertz CT molecular complexity index is 933. The van der Waals surface area contributed by atoms with Gasteiger partial charge in [-0.2, -0.15) is 5.10 Å². The van der Waals surface area contributed by atoms with E-state index in [0.29, 0.717) is 29.3 Å². The molecule has 2 N–H and O–H groups in total. The molecule has 0 saturated carbocycles. The van der Waals surface area contributed by atoms with Crippen LogP contribution < -0.4 is 15.2 Å². The van der Waals surface area contributed by atoms with Gasteiger partial charge in [0.1, 0.15) is 0 Å².